The summed E-state index contributed by atoms with van der Waals surface area (Å²) >= 11 is 11.2. The van der Waals surface area contributed by atoms with Crippen molar-refractivity contribution in [1.29, 1.82) is 5.26 Å². The van der Waals surface area contributed by atoms with Crippen LogP contribution in [0, 0.1) is 11.3 Å². The number of hydrogen-bond acceptors (Lipinski definition) is 3. The van der Waals surface area contributed by atoms with Crippen LogP contribution in [0.3, 0.4) is 0 Å². The van der Waals surface area contributed by atoms with E-state index in [0.717, 1.165) is 16.8 Å². The van der Waals surface area contributed by atoms with E-state index >= 15 is 0 Å². The lowest BCUT2D eigenvalue weighted by Gasteiger charge is -2.13. The van der Waals surface area contributed by atoms with Crippen molar-refractivity contribution in [3.63, 3.8) is 0 Å². The van der Waals surface area contributed by atoms with E-state index in [1.54, 1.807) is 6.07 Å². The summed E-state index contributed by atoms with van der Waals surface area (Å²) < 4.78 is 39.2. The molecule has 2 aromatic rings. The molecular weight excluding hydrogens is 316 g/mol. The minimum atomic E-state index is -4.67. The molecule has 0 bridgehead atoms. The quantitative estimate of drug-likeness (QED) is 0.872. The van der Waals surface area contributed by atoms with Crippen LogP contribution in [-0.4, -0.2) is 9.78 Å². The second kappa shape index (κ2) is 4.89. The van der Waals surface area contributed by atoms with Crippen LogP contribution >= 0.6 is 23.2 Å². The second-order valence-electron chi connectivity index (χ2n) is 3.76. The highest BCUT2D eigenvalue weighted by Crippen LogP contribution is 2.40. The Morgan fingerprint density at radius 2 is 1.75 bits per heavy atom. The van der Waals surface area contributed by atoms with Crippen LogP contribution in [0.15, 0.2) is 18.2 Å². The molecule has 2 N–H and O–H groups in total. The molecule has 20 heavy (non-hydrogen) atoms. The highest BCUT2D eigenvalue weighted by molar-refractivity contribution is 6.36. The number of nitrogens with two attached hydrogens (primary N) is 1. The van der Waals surface area contributed by atoms with Gasteiger partial charge in [-0.15, -0.1) is 0 Å². The number of alkyl halides is 3. The molecule has 4 nitrogen and oxygen atoms in total. The van der Waals surface area contributed by atoms with Crippen molar-refractivity contribution in [1.82, 2.24) is 9.78 Å². The largest absolute Gasteiger partial charge is 0.419 e. The van der Waals surface area contributed by atoms with Gasteiger partial charge in [0.05, 0.1) is 21.3 Å². The second-order valence-corrected chi connectivity index (χ2v) is 4.57. The first-order valence-corrected chi connectivity index (χ1v) is 5.82. The molecule has 104 valence electrons. The maximum atomic E-state index is 12.7. The topological polar surface area (TPSA) is 67.6 Å². The summed E-state index contributed by atoms with van der Waals surface area (Å²) in [7, 11) is 0. The molecule has 0 unspecified atom stereocenters. The molecule has 0 aliphatic carbocycles. The van der Waals surface area contributed by atoms with Crippen molar-refractivity contribution in [2.75, 3.05) is 5.73 Å². The van der Waals surface area contributed by atoms with E-state index in [1.807, 2.05) is 0 Å². The number of hydrogen-bond donors (Lipinski definition) is 1. The summed E-state index contributed by atoms with van der Waals surface area (Å²) in [5.74, 6) is 0.0773. The number of nitrogen functional groups attached to an aromatic ring is 1. The van der Waals surface area contributed by atoms with Gasteiger partial charge in [0.25, 0.3) is 0 Å². The number of anilines is 1. The fraction of sp³-hybridized carbons (Fsp3) is 0.0909. The van der Waals surface area contributed by atoms with Gasteiger partial charge < -0.3 is 5.73 Å². The first-order chi connectivity index (χ1) is 9.24. The third-order valence-corrected chi connectivity index (χ3v) is 3.00. The minimum absolute atomic E-state index is 0.0228. The average molecular weight is 321 g/mol. The first-order valence-electron chi connectivity index (χ1n) is 5.06. The van der Waals surface area contributed by atoms with Gasteiger partial charge in [0, 0.05) is 6.07 Å². The number of benzene rings is 1. The fourth-order valence-electron chi connectivity index (χ4n) is 1.61. The summed E-state index contributed by atoms with van der Waals surface area (Å²) in [5.41, 5.74) is 4.64. The number of halogens is 5. The number of nitriles is 1. The zero-order chi connectivity index (χ0) is 15.1. The van der Waals surface area contributed by atoms with Crippen LogP contribution in [0.2, 0.25) is 10.0 Å². The van der Waals surface area contributed by atoms with Crippen LogP contribution in [0.4, 0.5) is 19.0 Å². The van der Waals surface area contributed by atoms with Crippen molar-refractivity contribution >= 4 is 29.0 Å². The summed E-state index contributed by atoms with van der Waals surface area (Å²) in [6.45, 7) is 0. The van der Waals surface area contributed by atoms with E-state index in [0.29, 0.717) is 0 Å². The van der Waals surface area contributed by atoms with Crippen molar-refractivity contribution < 1.29 is 13.2 Å². The maximum absolute atomic E-state index is 12.7. The van der Waals surface area contributed by atoms with E-state index in [9.17, 15) is 13.2 Å². The van der Waals surface area contributed by atoms with E-state index in [1.165, 1.54) is 6.07 Å². The predicted molar refractivity (Wildman–Crippen MR) is 67.7 cm³/mol. The van der Waals surface area contributed by atoms with Crippen LogP contribution in [0.5, 0.6) is 0 Å². The number of rotatable bonds is 1. The maximum Gasteiger partial charge on any atom is 0.419 e. The number of aromatic nitrogens is 2. The van der Waals surface area contributed by atoms with Crippen LogP contribution in [0.1, 0.15) is 11.3 Å². The molecule has 0 spiro atoms. The van der Waals surface area contributed by atoms with Gasteiger partial charge in [-0.05, 0) is 12.1 Å². The zero-order valence-corrected chi connectivity index (χ0v) is 11.1. The molecule has 0 aliphatic rings. The van der Waals surface area contributed by atoms with Gasteiger partial charge >= 0.3 is 6.18 Å². The number of nitrogens with zero attached hydrogens (tertiary/aromatic N) is 3. The van der Waals surface area contributed by atoms with E-state index in [4.69, 9.17) is 34.2 Å². The minimum Gasteiger partial charge on any atom is -0.384 e. The van der Waals surface area contributed by atoms with Crippen molar-refractivity contribution in [3.8, 4) is 11.8 Å². The summed E-state index contributed by atoms with van der Waals surface area (Å²) in [6.07, 6.45) is -4.67. The van der Waals surface area contributed by atoms with E-state index in [-0.39, 0.29) is 17.2 Å². The molecule has 0 fully saturated rings. The standard InChI is InChI=1S/C11H5Cl2F3N4/c12-7-2-6(3-8(13)10(7)11(14,15)16)20-9(18)1-5(4-17)19-20/h1-3H,18H2. The third-order valence-electron chi connectivity index (χ3n) is 2.41. The lowest BCUT2D eigenvalue weighted by Crippen LogP contribution is -2.09. The molecule has 0 atom stereocenters. The van der Waals surface area contributed by atoms with Crippen molar-refractivity contribution in [2.45, 2.75) is 6.18 Å². The summed E-state index contributed by atoms with van der Waals surface area (Å²) in [6, 6.07) is 5.10. The SMILES string of the molecule is N#Cc1cc(N)n(-c2cc(Cl)c(C(F)(F)F)c(Cl)c2)n1. The van der Waals surface area contributed by atoms with Gasteiger partial charge in [-0.25, -0.2) is 4.68 Å². The molecule has 0 saturated heterocycles. The van der Waals surface area contributed by atoms with E-state index in [2.05, 4.69) is 5.10 Å². The Morgan fingerprint density at radius 1 is 1.20 bits per heavy atom. The Balaban J connectivity index is 2.61. The first kappa shape index (κ1) is 14.5. The smallest absolute Gasteiger partial charge is 0.384 e. The highest BCUT2D eigenvalue weighted by atomic mass is 35.5. The molecule has 0 amide bonds. The molecule has 0 radical (unpaired) electrons. The predicted octanol–water partition coefficient (Wildman–Crippen LogP) is 3.65. The third kappa shape index (κ3) is 2.53. The normalized spacial score (nSPS) is 11.4. The molecule has 1 aromatic heterocycles. The summed E-state index contributed by atoms with van der Waals surface area (Å²) in [4.78, 5) is 0. The van der Waals surface area contributed by atoms with Gasteiger partial charge in [-0.2, -0.15) is 23.5 Å². The van der Waals surface area contributed by atoms with Gasteiger partial charge in [-0.3, -0.25) is 0 Å². The molecule has 9 heteroatoms. The van der Waals surface area contributed by atoms with Gasteiger partial charge in [0.2, 0.25) is 0 Å². The summed E-state index contributed by atoms with van der Waals surface area (Å²) in [5, 5.41) is 11.4. The van der Waals surface area contributed by atoms with Crippen molar-refractivity contribution in [2.24, 2.45) is 0 Å². The highest BCUT2D eigenvalue weighted by Gasteiger charge is 2.36. The molecule has 2 rings (SSSR count). The molecular formula is C11H5Cl2F3N4. The molecule has 1 aromatic carbocycles. The van der Waals surface area contributed by atoms with Crippen LogP contribution in [0.25, 0.3) is 5.69 Å². The van der Waals surface area contributed by atoms with Gasteiger partial charge in [0.15, 0.2) is 5.69 Å². The van der Waals surface area contributed by atoms with Gasteiger partial charge in [0.1, 0.15) is 11.9 Å². The van der Waals surface area contributed by atoms with Gasteiger partial charge in [-0.1, -0.05) is 23.2 Å². The lowest BCUT2D eigenvalue weighted by atomic mass is 10.2. The molecule has 0 aliphatic heterocycles. The Morgan fingerprint density at radius 3 is 2.15 bits per heavy atom. The fourth-order valence-corrected chi connectivity index (χ4v) is 2.30. The average Bonchev–Trinajstić information content (AvgIpc) is 2.67. The van der Waals surface area contributed by atoms with E-state index < -0.39 is 21.8 Å². The van der Waals surface area contributed by atoms with Crippen molar-refractivity contribution in [3.05, 3.63) is 39.5 Å². The Kier molecular flexibility index (Phi) is 3.54. The lowest BCUT2D eigenvalue weighted by molar-refractivity contribution is -0.137. The Bertz CT molecular complexity index is 692. The Hall–Kier alpha value is -1.91. The zero-order valence-electron chi connectivity index (χ0n) is 9.54. The molecule has 1 heterocycles. The monoisotopic (exact) mass is 320 g/mol. The van der Waals surface area contributed by atoms with Crippen LogP contribution in [-0.2, 0) is 6.18 Å². The molecule has 0 saturated carbocycles. The Labute approximate surface area is 121 Å². The van der Waals surface area contributed by atoms with Crippen LogP contribution < -0.4 is 5.73 Å².